The van der Waals surface area contributed by atoms with Crippen molar-refractivity contribution in [2.24, 2.45) is 0 Å². The molecular weight excluding hydrogens is 290 g/mol. The molecule has 1 aromatic carbocycles. The van der Waals surface area contributed by atoms with Crippen molar-refractivity contribution in [1.82, 2.24) is 5.32 Å². The minimum atomic E-state index is -0.336. The predicted molar refractivity (Wildman–Crippen MR) is 78.1 cm³/mol. The Balaban J connectivity index is 2.38. The molecule has 1 amide bonds. The normalized spacial score (nSPS) is 9.73. The van der Waals surface area contributed by atoms with Crippen LogP contribution in [0.5, 0.6) is 11.5 Å². The second-order valence-corrected chi connectivity index (χ2v) is 4.34. The molecule has 0 heterocycles. The third-order valence-electron chi connectivity index (χ3n) is 2.81. The molecule has 0 aliphatic heterocycles. The number of carbonyl (C=O) groups is 3. The Kier molecular flexibility index (Phi) is 7.45. The monoisotopic (exact) mass is 309 g/mol. The number of aldehydes is 1. The summed E-state index contributed by atoms with van der Waals surface area (Å²) in [6.45, 7) is 0.131. The third kappa shape index (κ3) is 5.82. The van der Waals surface area contributed by atoms with Crippen molar-refractivity contribution in [3.05, 3.63) is 23.8 Å². The van der Waals surface area contributed by atoms with Gasteiger partial charge in [-0.25, -0.2) is 0 Å². The van der Waals surface area contributed by atoms with Crippen molar-refractivity contribution in [3.8, 4) is 11.5 Å². The van der Waals surface area contributed by atoms with Gasteiger partial charge in [-0.3, -0.25) is 14.4 Å². The van der Waals surface area contributed by atoms with Crippen molar-refractivity contribution in [2.75, 3.05) is 27.4 Å². The van der Waals surface area contributed by atoms with E-state index in [0.717, 1.165) is 0 Å². The lowest BCUT2D eigenvalue weighted by Crippen LogP contribution is -2.30. The lowest BCUT2D eigenvalue weighted by Gasteiger charge is -2.10. The van der Waals surface area contributed by atoms with E-state index >= 15 is 0 Å². The molecule has 0 radical (unpaired) electrons. The Bertz CT molecular complexity index is 529. The SMILES string of the molecule is COC(=O)CCCNC(=O)COc1ccc(OC)cc1C=O. The van der Waals surface area contributed by atoms with Gasteiger partial charge in [-0.2, -0.15) is 0 Å². The molecular formula is C15H19NO6. The molecule has 0 saturated heterocycles. The third-order valence-corrected chi connectivity index (χ3v) is 2.81. The molecule has 1 N–H and O–H groups in total. The molecule has 0 spiro atoms. The molecule has 1 aromatic rings. The minimum absolute atomic E-state index is 0.217. The van der Waals surface area contributed by atoms with Gasteiger partial charge >= 0.3 is 5.97 Å². The number of amides is 1. The molecule has 0 saturated carbocycles. The van der Waals surface area contributed by atoms with Gasteiger partial charge in [0.05, 0.1) is 19.8 Å². The van der Waals surface area contributed by atoms with Crippen LogP contribution in [-0.2, 0) is 14.3 Å². The number of carbonyl (C=O) groups excluding carboxylic acids is 3. The Morgan fingerprint density at radius 3 is 2.68 bits per heavy atom. The number of rotatable bonds is 9. The van der Waals surface area contributed by atoms with E-state index in [9.17, 15) is 14.4 Å². The quantitative estimate of drug-likeness (QED) is 0.415. The smallest absolute Gasteiger partial charge is 0.305 e. The number of methoxy groups -OCH3 is 2. The maximum Gasteiger partial charge on any atom is 0.305 e. The fourth-order valence-corrected chi connectivity index (χ4v) is 1.63. The van der Waals surface area contributed by atoms with Crippen molar-refractivity contribution >= 4 is 18.2 Å². The highest BCUT2D eigenvalue weighted by molar-refractivity contribution is 5.81. The zero-order valence-corrected chi connectivity index (χ0v) is 12.6. The molecule has 120 valence electrons. The van der Waals surface area contributed by atoms with Crippen LogP contribution in [-0.4, -0.2) is 45.5 Å². The maximum absolute atomic E-state index is 11.6. The molecule has 0 unspecified atom stereocenters. The van der Waals surface area contributed by atoms with Gasteiger partial charge in [0.1, 0.15) is 11.5 Å². The highest BCUT2D eigenvalue weighted by atomic mass is 16.5. The second kappa shape index (κ2) is 9.38. The molecule has 0 aromatic heterocycles. The second-order valence-electron chi connectivity index (χ2n) is 4.34. The number of hydrogen-bond acceptors (Lipinski definition) is 6. The van der Waals surface area contributed by atoms with Crippen LogP contribution in [0.1, 0.15) is 23.2 Å². The molecule has 0 aliphatic carbocycles. The summed E-state index contributed by atoms with van der Waals surface area (Å²) in [7, 11) is 2.81. The van der Waals surface area contributed by atoms with E-state index in [1.165, 1.54) is 20.3 Å². The number of esters is 1. The van der Waals surface area contributed by atoms with Crippen LogP contribution in [0.2, 0.25) is 0 Å². The Labute approximate surface area is 128 Å². The van der Waals surface area contributed by atoms with Gasteiger partial charge in [0, 0.05) is 13.0 Å². The zero-order valence-electron chi connectivity index (χ0n) is 12.6. The molecule has 1 rings (SSSR count). The fraction of sp³-hybridized carbons (Fsp3) is 0.400. The molecule has 7 heteroatoms. The van der Waals surface area contributed by atoms with Gasteiger partial charge in [0.15, 0.2) is 12.9 Å². The lowest BCUT2D eigenvalue weighted by atomic mass is 10.2. The number of hydrogen-bond donors (Lipinski definition) is 1. The van der Waals surface area contributed by atoms with E-state index in [4.69, 9.17) is 9.47 Å². The first-order chi connectivity index (χ1) is 10.6. The Morgan fingerprint density at radius 1 is 1.27 bits per heavy atom. The summed E-state index contributed by atoms with van der Waals surface area (Å²) in [5.41, 5.74) is 0.304. The Hall–Kier alpha value is -2.57. The van der Waals surface area contributed by atoms with Crippen molar-refractivity contribution in [2.45, 2.75) is 12.8 Å². The average molecular weight is 309 g/mol. The van der Waals surface area contributed by atoms with Crippen LogP contribution in [0.4, 0.5) is 0 Å². The summed E-state index contributed by atoms with van der Waals surface area (Å²) in [6.07, 6.45) is 1.36. The highest BCUT2D eigenvalue weighted by Crippen LogP contribution is 2.22. The summed E-state index contributed by atoms with van der Waals surface area (Å²) in [5.74, 6) is 0.180. The first-order valence-corrected chi connectivity index (χ1v) is 6.70. The van der Waals surface area contributed by atoms with Crippen LogP contribution in [0.15, 0.2) is 18.2 Å². The number of benzene rings is 1. The Morgan fingerprint density at radius 2 is 2.05 bits per heavy atom. The van der Waals surface area contributed by atoms with E-state index in [2.05, 4.69) is 10.1 Å². The van der Waals surface area contributed by atoms with Crippen LogP contribution < -0.4 is 14.8 Å². The highest BCUT2D eigenvalue weighted by Gasteiger charge is 2.08. The van der Waals surface area contributed by atoms with Crippen LogP contribution in [0.3, 0.4) is 0 Å². The topological polar surface area (TPSA) is 90.9 Å². The first-order valence-electron chi connectivity index (χ1n) is 6.70. The van der Waals surface area contributed by atoms with Gasteiger partial charge in [-0.15, -0.1) is 0 Å². The van der Waals surface area contributed by atoms with Gasteiger partial charge in [-0.05, 0) is 24.6 Å². The van der Waals surface area contributed by atoms with Crippen molar-refractivity contribution in [1.29, 1.82) is 0 Å². The van der Waals surface area contributed by atoms with Gasteiger partial charge in [0.2, 0.25) is 0 Å². The number of nitrogens with one attached hydrogen (secondary N) is 1. The van der Waals surface area contributed by atoms with Gasteiger partial charge in [0.25, 0.3) is 5.91 Å². The zero-order chi connectivity index (χ0) is 16.4. The molecule has 0 aliphatic rings. The average Bonchev–Trinajstić information content (AvgIpc) is 2.56. The molecule has 0 atom stereocenters. The molecule has 7 nitrogen and oxygen atoms in total. The minimum Gasteiger partial charge on any atom is -0.497 e. The van der Waals surface area contributed by atoms with E-state index in [1.54, 1.807) is 12.1 Å². The van der Waals surface area contributed by atoms with E-state index in [1.807, 2.05) is 0 Å². The van der Waals surface area contributed by atoms with Crippen molar-refractivity contribution < 1.29 is 28.6 Å². The van der Waals surface area contributed by atoms with Gasteiger partial charge < -0.3 is 19.5 Å². The van der Waals surface area contributed by atoms with E-state index in [-0.39, 0.29) is 24.9 Å². The number of ether oxygens (including phenoxy) is 3. The summed E-state index contributed by atoms with van der Waals surface area (Å²) >= 11 is 0. The van der Waals surface area contributed by atoms with Crippen molar-refractivity contribution in [3.63, 3.8) is 0 Å². The molecule has 0 fully saturated rings. The summed E-state index contributed by atoms with van der Waals surface area (Å²) in [5, 5.41) is 2.61. The standard InChI is InChI=1S/C15H19NO6/c1-20-12-5-6-13(11(8-12)9-17)22-10-14(18)16-7-3-4-15(19)21-2/h5-6,8-9H,3-4,7,10H2,1-2H3,(H,16,18). The summed E-state index contributed by atoms with van der Waals surface area (Å²) in [6, 6.07) is 4.72. The van der Waals surface area contributed by atoms with Crippen LogP contribution in [0.25, 0.3) is 0 Å². The van der Waals surface area contributed by atoms with Crippen LogP contribution >= 0.6 is 0 Å². The summed E-state index contributed by atoms with van der Waals surface area (Å²) < 4.78 is 14.8. The molecule has 22 heavy (non-hydrogen) atoms. The maximum atomic E-state index is 11.6. The lowest BCUT2D eigenvalue weighted by molar-refractivity contribution is -0.140. The summed E-state index contributed by atoms with van der Waals surface area (Å²) in [4.78, 5) is 33.4. The first kappa shape index (κ1) is 17.5. The van der Waals surface area contributed by atoms with Crippen LogP contribution in [0, 0.1) is 0 Å². The molecule has 0 bridgehead atoms. The predicted octanol–water partition coefficient (Wildman–Crippen LogP) is 0.956. The fourth-order valence-electron chi connectivity index (χ4n) is 1.63. The van der Waals surface area contributed by atoms with E-state index < -0.39 is 0 Å². The van der Waals surface area contributed by atoms with Gasteiger partial charge in [-0.1, -0.05) is 0 Å². The van der Waals surface area contributed by atoms with E-state index in [0.29, 0.717) is 36.3 Å². The largest absolute Gasteiger partial charge is 0.497 e.